The third kappa shape index (κ3) is 3.03. The normalized spacial score (nSPS) is 12.6. The van der Waals surface area contributed by atoms with Crippen molar-refractivity contribution in [3.8, 4) is 0 Å². The molecule has 0 amide bonds. The molecule has 1 heterocycles. The van der Waals surface area contributed by atoms with Gasteiger partial charge in [-0.15, -0.1) is 0 Å². The molecule has 4 heteroatoms. The van der Waals surface area contributed by atoms with E-state index in [9.17, 15) is 4.79 Å². The van der Waals surface area contributed by atoms with Crippen LogP contribution in [0.15, 0.2) is 47.1 Å². The van der Waals surface area contributed by atoms with E-state index in [0.717, 1.165) is 11.3 Å². The second kappa shape index (κ2) is 5.71. The van der Waals surface area contributed by atoms with Crippen LogP contribution in [-0.4, -0.2) is 23.0 Å². The Morgan fingerprint density at radius 3 is 2.68 bits per heavy atom. The van der Waals surface area contributed by atoms with E-state index in [-0.39, 0.29) is 6.04 Å². The van der Waals surface area contributed by atoms with E-state index in [1.54, 1.807) is 18.4 Å². The lowest BCUT2D eigenvalue weighted by Crippen LogP contribution is -2.22. The molecule has 0 aliphatic heterocycles. The second-order valence-corrected chi connectivity index (χ2v) is 4.57. The summed E-state index contributed by atoms with van der Waals surface area (Å²) >= 11 is 0. The molecule has 0 saturated carbocycles. The van der Waals surface area contributed by atoms with Gasteiger partial charge in [0.15, 0.2) is 0 Å². The number of benzene rings is 1. The monoisotopic (exact) mass is 259 g/mol. The average molecular weight is 259 g/mol. The summed E-state index contributed by atoms with van der Waals surface area (Å²) in [6.45, 7) is 2.59. The summed E-state index contributed by atoms with van der Waals surface area (Å²) in [7, 11) is 1.95. The molecule has 1 atom stereocenters. The van der Waals surface area contributed by atoms with E-state index in [0.29, 0.717) is 12.1 Å². The van der Waals surface area contributed by atoms with Gasteiger partial charge in [-0.1, -0.05) is 18.2 Å². The van der Waals surface area contributed by atoms with Gasteiger partial charge in [0.05, 0.1) is 17.9 Å². The van der Waals surface area contributed by atoms with Gasteiger partial charge >= 0.3 is 5.97 Å². The van der Waals surface area contributed by atoms with Crippen LogP contribution in [0.5, 0.6) is 0 Å². The largest absolute Gasteiger partial charge is 0.478 e. The Bertz CT molecular complexity index is 548. The second-order valence-electron chi connectivity index (χ2n) is 4.57. The summed E-state index contributed by atoms with van der Waals surface area (Å²) in [5, 5.41) is 9.16. The Morgan fingerprint density at radius 2 is 2.05 bits per heavy atom. The smallest absolute Gasteiger partial charge is 0.336 e. The van der Waals surface area contributed by atoms with Crippen LogP contribution in [0.25, 0.3) is 0 Å². The van der Waals surface area contributed by atoms with Gasteiger partial charge in [0.1, 0.15) is 5.76 Å². The molecule has 2 aromatic rings. The van der Waals surface area contributed by atoms with Gasteiger partial charge in [-0.3, -0.25) is 4.90 Å². The minimum absolute atomic E-state index is 0.0943. The minimum atomic E-state index is -0.894. The molecule has 1 unspecified atom stereocenters. The number of hydrogen-bond acceptors (Lipinski definition) is 3. The molecule has 4 nitrogen and oxygen atoms in total. The molecule has 19 heavy (non-hydrogen) atoms. The lowest BCUT2D eigenvalue weighted by molar-refractivity contribution is 0.0694. The predicted octanol–water partition coefficient (Wildman–Crippen LogP) is 3.17. The number of carbonyl (C=O) groups is 1. The van der Waals surface area contributed by atoms with Crippen LogP contribution >= 0.6 is 0 Å². The van der Waals surface area contributed by atoms with Gasteiger partial charge < -0.3 is 9.52 Å². The molecule has 2 rings (SSSR count). The van der Waals surface area contributed by atoms with E-state index < -0.39 is 5.97 Å². The van der Waals surface area contributed by atoms with E-state index in [1.807, 2.05) is 38.2 Å². The number of hydrogen-bond donors (Lipinski definition) is 1. The first kappa shape index (κ1) is 13.4. The molecular weight excluding hydrogens is 242 g/mol. The summed E-state index contributed by atoms with van der Waals surface area (Å²) in [4.78, 5) is 13.2. The fraction of sp³-hybridized carbons (Fsp3) is 0.267. The SMILES string of the molecule is CC(c1ccco1)N(C)Cc1ccccc1C(=O)O. The first-order valence-corrected chi connectivity index (χ1v) is 6.14. The molecule has 1 aromatic carbocycles. The molecule has 0 fully saturated rings. The topological polar surface area (TPSA) is 53.7 Å². The molecule has 0 aliphatic rings. The molecule has 1 N–H and O–H groups in total. The van der Waals surface area contributed by atoms with Gasteiger partial charge in [-0.05, 0) is 37.7 Å². The van der Waals surface area contributed by atoms with Crippen molar-refractivity contribution in [1.82, 2.24) is 4.90 Å². The number of rotatable bonds is 5. The summed E-state index contributed by atoms with van der Waals surface area (Å²) in [6, 6.07) is 10.9. The molecule has 0 aliphatic carbocycles. The zero-order valence-electron chi connectivity index (χ0n) is 11.0. The maximum atomic E-state index is 11.2. The Hall–Kier alpha value is -2.07. The lowest BCUT2D eigenvalue weighted by atomic mass is 10.1. The van der Waals surface area contributed by atoms with Gasteiger partial charge in [-0.2, -0.15) is 0 Å². The van der Waals surface area contributed by atoms with Gasteiger partial charge in [0, 0.05) is 6.54 Å². The van der Waals surface area contributed by atoms with Crippen molar-refractivity contribution < 1.29 is 14.3 Å². The van der Waals surface area contributed by atoms with Crippen LogP contribution in [0.4, 0.5) is 0 Å². The summed E-state index contributed by atoms with van der Waals surface area (Å²) in [5.74, 6) is -0.0232. The Labute approximate surface area is 112 Å². The Balaban J connectivity index is 2.15. The van der Waals surface area contributed by atoms with Gasteiger partial charge in [0.2, 0.25) is 0 Å². The van der Waals surface area contributed by atoms with E-state index in [4.69, 9.17) is 9.52 Å². The van der Waals surface area contributed by atoms with Gasteiger partial charge in [0.25, 0.3) is 0 Å². The van der Waals surface area contributed by atoms with Crippen LogP contribution in [0.1, 0.15) is 34.6 Å². The Kier molecular flexibility index (Phi) is 4.02. The van der Waals surface area contributed by atoms with Crippen molar-refractivity contribution >= 4 is 5.97 Å². The molecule has 0 saturated heterocycles. The Morgan fingerprint density at radius 1 is 1.32 bits per heavy atom. The first-order chi connectivity index (χ1) is 9.09. The molecule has 0 bridgehead atoms. The highest BCUT2D eigenvalue weighted by Crippen LogP contribution is 2.22. The highest BCUT2D eigenvalue weighted by Gasteiger charge is 2.17. The molecule has 0 spiro atoms. The van der Waals surface area contributed by atoms with Crippen LogP contribution in [0, 0.1) is 0 Å². The van der Waals surface area contributed by atoms with Crippen LogP contribution in [0.3, 0.4) is 0 Å². The highest BCUT2D eigenvalue weighted by molar-refractivity contribution is 5.89. The first-order valence-electron chi connectivity index (χ1n) is 6.14. The van der Waals surface area contributed by atoms with E-state index >= 15 is 0 Å². The maximum absolute atomic E-state index is 11.2. The number of aromatic carboxylic acids is 1. The number of carboxylic acid groups (broad SMARTS) is 1. The summed E-state index contributed by atoms with van der Waals surface area (Å²) < 4.78 is 5.37. The van der Waals surface area contributed by atoms with Crippen LogP contribution < -0.4 is 0 Å². The van der Waals surface area contributed by atoms with Crippen LogP contribution in [0.2, 0.25) is 0 Å². The minimum Gasteiger partial charge on any atom is -0.478 e. The zero-order chi connectivity index (χ0) is 13.8. The summed E-state index contributed by atoms with van der Waals surface area (Å²) in [6.07, 6.45) is 1.64. The highest BCUT2D eigenvalue weighted by atomic mass is 16.4. The standard InChI is InChI=1S/C15H17NO3/c1-11(14-8-5-9-19-14)16(2)10-12-6-3-4-7-13(12)15(17)18/h3-9,11H,10H2,1-2H3,(H,17,18). The third-order valence-corrected chi connectivity index (χ3v) is 3.28. The predicted molar refractivity (Wildman–Crippen MR) is 72.0 cm³/mol. The number of furan rings is 1. The van der Waals surface area contributed by atoms with Crippen molar-refractivity contribution in [2.45, 2.75) is 19.5 Å². The maximum Gasteiger partial charge on any atom is 0.336 e. The third-order valence-electron chi connectivity index (χ3n) is 3.28. The molecule has 100 valence electrons. The van der Waals surface area contributed by atoms with Crippen LogP contribution in [-0.2, 0) is 6.54 Å². The molecular formula is C15H17NO3. The van der Waals surface area contributed by atoms with E-state index in [1.165, 1.54) is 0 Å². The van der Waals surface area contributed by atoms with Crippen molar-refractivity contribution in [1.29, 1.82) is 0 Å². The molecule has 1 aromatic heterocycles. The molecule has 0 radical (unpaired) electrons. The number of carboxylic acids is 1. The van der Waals surface area contributed by atoms with Crippen molar-refractivity contribution in [3.63, 3.8) is 0 Å². The zero-order valence-corrected chi connectivity index (χ0v) is 11.0. The van der Waals surface area contributed by atoms with Crippen molar-refractivity contribution in [3.05, 3.63) is 59.5 Å². The fourth-order valence-corrected chi connectivity index (χ4v) is 2.02. The fourth-order valence-electron chi connectivity index (χ4n) is 2.02. The van der Waals surface area contributed by atoms with Crippen molar-refractivity contribution in [2.75, 3.05) is 7.05 Å². The van der Waals surface area contributed by atoms with Gasteiger partial charge in [-0.25, -0.2) is 4.79 Å². The lowest BCUT2D eigenvalue weighted by Gasteiger charge is -2.23. The number of nitrogens with zero attached hydrogens (tertiary/aromatic N) is 1. The average Bonchev–Trinajstić information content (AvgIpc) is 2.92. The van der Waals surface area contributed by atoms with Crippen molar-refractivity contribution in [2.24, 2.45) is 0 Å². The quantitative estimate of drug-likeness (QED) is 0.896. The van der Waals surface area contributed by atoms with E-state index in [2.05, 4.69) is 4.90 Å². The summed E-state index contributed by atoms with van der Waals surface area (Å²) in [5.41, 5.74) is 1.15.